The number of benzene rings is 1. The van der Waals surface area contributed by atoms with Gasteiger partial charge in [-0.3, -0.25) is 14.9 Å². The van der Waals surface area contributed by atoms with Gasteiger partial charge in [0, 0.05) is 25.1 Å². The van der Waals surface area contributed by atoms with Crippen molar-refractivity contribution in [1.29, 1.82) is 0 Å². The van der Waals surface area contributed by atoms with Gasteiger partial charge in [-0.15, -0.1) is 12.4 Å². The maximum absolute atomic E-state index is 11.5. The van der Waals surface area contributed by atoms with Crippen LogP contribution >= 0.6 is 12.4 Å². The molecule has 112 valence electrons. The van der Waals surface area contributed by atoms with Gasteiger partial charge < -0.3 is 10.6 Å². The van der Waals surface area contributed by atoms with Crippen molar-refractivity contribution in [2.24, 2.45) is 0 Å². The van der Waals surface area contributed by atoms with Crippen molar-refractivity contribution in [2.75, 3.05) is 20.1 Å². The normalized spacial score (nSPS) is 9.65. The molecular formula is C13H20ClN3O3. The first kappa shape index (κ1) is 18.3. The molecule has 6 nitrogen and oxygen atoms in total. The molecular weight excluding hydrogens is 282 g/mol. The van der Waals surface area contributed by atoms with Crippen LogP contribution in [-0.4, -0.2) is 31.0 Å². The molecule has 1 rings (SSSR count). The molecule has 20 heavy (non-hydrogen) atoms. The number of rotatable bonds is 8. The second-order valence-electron chi connectivity index (χ2n) is 4.23. The molecule has 1 aromatic carbocycles. The monoisotopic (exact) mass is 301 g/mol. The Labute approximate surface area is 124 Å². The van der Waals surface area contributed by atoms with Gasteiger partial charge in [0.2, 0.25) is 5.91 Å². The highest BCUT2D eigenvalue weighted by atomic mass is 35.5. The van der Waals surface area contributed by atoms with Crippen LogP contribution in [0.25, 0.3) is 0 Å². The quantitative estimate of drug-likeness (QED) is 0.434. The highest BCUT2D eigenvalue weighted by Crippen LogP contribution is 2.14. The maximum Gasteiger partial charge on any atom is 0.269 e. The summed E-state index contributed by atoms with van der Waals surface area (Å²) in [5, 5.41) is 16.4. The van der Waals surface area contributed by atoms with Gasteiger partial charge in [-0.2, -0.15) is 0 Å². The number of nitro benzene ring substituents is 1. The van der Waals surface area contributed by atoms with Gasteiger partial charge in [0.25, 0.3) is 5.69 Å². The number of nitrogens with zero attached hydrogens (tertiary/aromatic N) is 1. The molecule has 0 fully saturated rings. The van der Waals surface area contributed by atoms with Gasteiger partial charge in [-0.05, 0) is 32.0 Å². The Morgan fingerprint density at radius 3 is 2.75 bits per heavy atom. The van der Waals surface area contributed by atoms with Gasteiger partial charge in [0.05, 0.1) is 4.92 Å². The fraction of sp³-hybridized carbons (Fsp3) is 0.462. The summed E-state index contributed by atoms with van der Waals surface area (Å²) in [6.45, 7) is 1.51. The van der Waals surface area contributed by atoms with E-state index in [1.54, 1.807) is 12.1 Å². The first-order valence-corrected chi connectivity index (χ1v) is 6.28. The van der Waals surface area contributed by atoms with Crippen LogP contribution in [0.5, 0.6) is 0 Å². The van der Waals surface area contributed by atoms with Gasteiger partial charge in [-0.1, -0.05) is 12.1 Å². The lowest BCUT2D eigenvalue weighted by Gasteiger charge is -2.05. The lowest BCUT2D eigenvalue weighted by Crippen LogP contribution is -2.26. The fourth-order valence-electron chi connectivity index (χ4n) is 1.66. The Morgan fingerprint density at radius 2 is 2.10 bits per heavy atom. The number of aryl methyl sites for hydroxylation is 1. The first-order valence-electron chi connectivity index (χ1n) is 6.28. The summed E-state index contributed by atoms with van der Waals surface area (Å²) in [5.74, 6) is -0.0254. The molecule has 7 heteroatoms. The Balaban J connectivity index is 0.00000361. The predicted molar refractivity (Wildman–Crippen MR) is 80.2 cm³/mol. The van der Waals surface area contributed by atoms with E-state index in [1.165, 1.54) is 12.1 Å². The third-order valence-electron chi connectivity index (χ3n) is 2.69. The van der Waals surface area contributed by atoms with Crippen molar-refractivity contribution < 1.29 is 9.72 Å². The second kappa shape index (κ2) is 10.2. The molecule has 1 aromatic rings. The van der Waals surface area contributed by atoms with Crippen LogP contribution in [-0.2, 0) is 11.2 Å². The van der Waals surface area contributed by atoms with Crippen LogP contribution in [0.1, 0.15) is 18.4 Å². The first-order chi connectivity index (χ1) is 9.13. The zero-order chi connectivity index (χ0) is 14.1. The van der Waals surface area contributed by atoms with Crippen molar-refractivity contribution in [2.45, 2.75) is 19.3 Å². The molecule has 0 atom stereocenters. The molecule has 0 spiro atoms. The second-order valence-corrected chi connectivity index (χ2v) is 4.23. The number of non-ortho nitro benzene ring substituents is 1. The summed E-state index contributed by atoms with van der Waals surface area (Å²) in [6, 6.07) is 6.38. The average molecular weight is 302 g/mol. The Morgan fingerprint density at radius 1 is 1.35 bits per heavy atom. The predicted octanol–water partition coefficient (Wildman–Crippen LogP) is 1.67. The summed E-state index contributed by atoms with van der Waals surface area (Å²) >= 11 is 0. The van der Waals surface area contributed by atoms with Crippen LogP contribution < -0.4 is 10.6 Å². The SMILES string of the molecule is CNCCCNC(=O)CCc1cccc([N+](=O)[O-])c1.Cl. The van der Waals surface area contributed by atoms with E-state index >= 15 is 0 Å². The van der Waals surface area contributed by atoms with E-state index < -0.39 is 4.92 Å². The summed E-state index contributed by atoms with van der Waals surface area (Å²) in [7, 11) is 1.87. The number of carbonyl (C=O) groups is 1. The van der Waals surface area contributed by atoms with Crippen molar-refractivity contribution >= 4 is 24.0 Å². The highest BCUT2D eigenvalue weighted by molar-refractivity contribution is 5.85. The highest BCUT2D eigenvalue weighted by Gasteiger charge is 2.07. The van der Waals surface area contributed by atoms with Gasteiger partial charge in [-0.25, -0.2) is 0 Å². The largest absolute Gasteiger partial charge is 0.356 e. The molecule has 0 heterocycles. The number of nitrogens with one attached hydrogen (secondary N) is 2. The zero-order valence-corrected chi connectivity index (χ0v) is 12.2. The summed E-state index contributed by atoms with van der Waals surface area (Å²) in [5.41, 5.74) is 0.867. The van der Waals surface area contributed by atoms with E-state index in [-0.39, 0.29) is 24.0 Å². The van der Waals surface area contributed by atoms with E-state index in [9.17, 15) is 14.9 Å². The summed E-state index contributed by atoms with van der Waals surface area (Å²) in [4.78, 5) is 21.7. The zero-order valence-electron chi connectivity index (χ0n) is 11.4. The molecule has 2 N–H and O–H groups in total. The smallest absolute Gasteiger partial charge is 0.269 e. The van der Waals surface area contributed by atoms with E-state index in [1.807, 2.05) is 7.05 Å². The topological polar surface area (TPSA) is 84.3 Å². The molecule has 0 bridgehead atoms. The summed E-state index contributed by atoms with van der Waals surface area (Å²) in [6.07, 6.45) is 1.75. The van der Waals surface area contributed by atoms with Gasteiger partial charge in [0.1, 0.15) is 0 Å². The van der Waals surface area contributed by atoms with Crippen LogP contribution in [0.15, 0.2) is 24.3 Å². The number of carbonyl (C=O) groups excluding carboxylic acids is 1. The van der Waals surface area contributed by atoms with Crippen LogP contribution in [0.2, 0.25) is 0 Å². The number of amides is 1. The third-order valence-corrected chi connectivity index (χ3v) is 2.69. The van der Waals surface area contributed by atoms with Crippen LogP contribution in [0.3, 0.4) is 0 Å². The van der Waals surface area contributed by atoms with E-state index in [0.717, 1.165) is 18.5 Å². The molecule has 0 aliphatic heterocycles. The lowest BCUT2D eigenvalue weighted by atomic mass is 10.1. The molecule has 0 saturated heterocycles. The fourth-order valence-corrected chi connectivity index (χ4v) is 1.66. The average Bonchev–Trinajstić information content (AvgIpc) is 2.41. The van der Waals surface area contributed by atoms with Crippen molar-refractivity contribution in [3.8, 4) is 0 Å². The molecule has 0 saturated carbocycles. The molecule has 0 unspecified atom stereocenters. The van der Waals surface area contributed by atoms with E-state index in [4.69, 9.17) is 0 Å². The third kappa shape index (κ3) is 7.06. The Bertz CT molecular complexity index is 441. The Kier molecular flexibility index (Phi) is 9.32. The van der Waals surface area contributed by atoms with Crippen LogP contribution in [0, 0.1) is 10.1 Å². The molecule has 0 aromatic heterocycles. The van der Waals surface area contributed by atoms with Gasteiger partial charge >= 0.3 is 0 Å². The number of halogens is 1. The minimum Gasteiger partial charge on any atom is -0.356 e. The van der Waals surface area contributed by atoms with E-state index in [0.29, 0.717) is 19.4 Å². The Hall–Kier alpha value is -1.66. The minimum atomic E-state index is -0.429. The number of nitro groups is 1. The molecule has 0 aliphatic rings. The van der Waals surface area contributed by atoms with Crippen molar-refractivity contribution in [3.63, 3.8) is 0 Å². The molecule has 0 radical (unpaired) electrons. The lowest BCUT2D eigenvalue weighted by molar-refractivity contribution is -0.384. The molecule has 0 aliphatic carbocycles. The van der Waals surface area contributed by atoms with Crippen LogP contribution in [0.4, 0.5) is 5.69 Å². The number of hydrogen-bond donors (Lipinski definition) is 2. The number of hydrogen-bond acceptors (Lipinski definition) is 4. The molecule has 1 amide bonds. The summed E-state index contributed by atoms with van der Waals surface area (Å²) < 4.78 is 0. The van der Waals surface area contributed by atoms with Crippen molar-refractivity contribution in [3.05, 3.63) is 39.9 Å². The standard InChI is InChI=1S/C13H19N3O3.ClH/c1-14-8-3-9-15-13(17)7-6-11-4-2-5-12(10-11)16(18)19;/h2,4-5,10,14H,3,6-9H2,1H3,(H,15,17);1H. The minimum absolute atomic E-state index is 0. The van der Waals surface area contributed by atoms with Crippen molar-refractivity contribution in [1.82, 2.24) is 10.6 Å². The van der Waals surface area contributed by atoms with Gasteiger partial charge in [0.15, 0.2) is 0 Å². The maximum atomic E-state index is 11.5. The van der Waals surface area contributed by atoms with E-state index in [2.05, 4.69) is 10.6 Å².